The minimum Gasteiger partial charge on any atom is -0.508 e. The SMILES string of the molecule is Oc1ccc(F)c(F)c1CCl. The molecule has 4 heteroatoms. The van der Waals surface area contributed by atoms with Crippen LogP contribution >= 0.6 is 11.6 Å². The number of hydrogen-bond donors (Lipinski definition) is 1. The Kier molecular flexibility index (Phi) is 2.29. The maximum atomic E-state index is 12.6. The van der Waals surface area contributed by atoms with Gasteiger partial charge in [-0.05, 0) is 12.1 Å². The standard InChI is InChI=1S/C7H5ClF2O/c8-3-4-6(11)2-1-5(9)7(4)10/h1-2,11H,3H2. The van der Waals surface area contributed by atoms with Crippen LogP contribution in [0, 0.1) is 11.6 Å². The molecule has 1 nitrogen and oxygen atoms in total. The Morgan fingerprint density at radius 3 is 2.45 bits per heavy atom. The zero-order valence-corrected chi connectivity index (χ0v) is 6.20. The van der Waals surface area contributed by atoms with E-state index in [1.54, 1.807) is 0 Å². The summed E-state index contributed by atoms with van der Waals surface area (Å²) in [6.45, 7) is 0. The molecular formula is C7H5ClF2O. The van der Waals surface area contributed by atoms with Gasteiger partial charge in [0.1, 0.15) is 5.75 Å². The molecule has 11 heavy (non-hydrogen) atoms. The van der Waals surface area contributed by atoms with Crippen LogP contribution in [0.5, 0.6) is 5.75 Å². The second-order valence-corrected chi connectivity index (χ2v) is 2.26. The molecule has 0 unspecified atom stereocenters. The van der Waals surface area contributed by atoms with Crippen LogP contribution in [0.1, 0.15) is 5.56 Å². The molecule has 0 saturated heterocycles. The van der Waals surface area contributed by atoms with Gasteiger partial charge in [0.15, 0.2) is 11.6 Å². The first kappa shape index (κ1) is 8.27. The van der Waals surface area contributed by atoms with Crippen molar-refractivity contribution in [2.45, 2.75) is 5.88 Å². The van der Waals surface area contributed by atoms with E-state index in [0.717, 1.165) is 12.1 Å². The van der Waals surface area contributed by atoms with E-state index >= 15 is 0 Å². The summed E-state index contributed by atoms with van der Waals surface area (Å²) < 4.78 is 25.0. The van der Waals surface area contributed by atoms with Crippen molar-refractivity contribution in [3.8, 4) is 5.75 Å². The number of rotatable bonds is 1. The molecule has 60 valence electrons. The summed E-state index contributed by atoms with van der Waals surface area (Å²) in [6, 6.07) is 1.91. The van der Waals surface area contributed by atoms with Gasteiger partial charge in [0.05, 0.1) is 5.88 Å². The third-order valence-electron chi connectivity index (χ3n) is 1.30. The molecule has 0 aliphatic heterocycles. The van der Waals surface area contributed by atoms with Crippen molar-refractivity contribution in [1.82, 2.24) is 0 Å². The molecule has 0 spiro atoms. The fourth-order valence-electron chi connectivity index (χ4n) is 0.710. The van der Waals surface area contributed by atoms with E-state index in [1.165, 1.54) is 0 Å². The molecule has 0 fully saturated rings. The normalized spacial score (nSPS) is 10.1. The van der Waals surface area contributed by atoms with Crippen LogP contribution in [-0.2, 0) is 5.88 Å². The molecule has 1 rings (SSSR count). The lowest BCUT2D eigenvalue weighted by Crippen LogP contribution is -1.91. The molecule has 0 aliphatic rings. The first-order chi connectivity index (χ1) is 5.16. The Balaban J connectivity index is 3.29. The number of aromatic hydroxyl groups is 1. The fraction of sp³-hybridized carbons (Fsp3) is 0.143. The van der Waals surface area contributed by atoms with Crippen molar-refractivity contribution in [1.29, 1.82) is 0 Å². The van der Waals surface area contributed by atoms with Crippen LogP contribution in [0.3, 0.4) is 0 Å². The van der Waals surface area contributed by atoms with Crippen LogP contribution < -0.4 is 0 Å². The summed E-state index contributed by atoms with van der Waals surface area (Å²) in [5.41, 5.74) is -0.202. The molecule has 0 atom stereocenters. The minimum atomic E-state index is -1.08. The van der Waals surface area contributed by atoms with Gasteiger partial charge in [0.2, 0.25) is 0 Å². The Bertz CT molecular complexity index is 275. The van der Waals surface area contributed by atoms with Gasteiger partial charge in [-0.25, -0.2) is 8.78 Å². The summed E-state index contributed by atoms with van der Waals surface area (Å²) in [4.78, 5) is 0. The predicted octanol–water partition coefficient (Wildman–Crippen LogP) is 2.41. The van der Waals surface area contributed by atoms with Gasteiger partial charge < -0.3 is 5.11 Å². The van der Waals surface area contributed by atoms with Crippen molar-refractivity contribution in [2.75, 3.05) is 0 Å². The van der Waals surface area contributed by atoms with Gasteiger partial charge in [-0.15, -0.1) is 11.6 Å². The molecule has 1 N–H and O–H groups in total. The lowest BCUT2D eigenvalue weighted by atomic mass is 10.2. The zero-order chi connectivity index (χ0) is 8.43. The van der Waals surface area contributed by atoms with Crippen LogP contribution in [-0.4, -0.2) is 5.11 Å². The lowest BCUT2D eigenvalue weighted by Gasteiger charge is -2.01. The molecule has 0 saturated carbocycles. The largest absolute Gasteiger partial charge is 0.508 e. The fourth-order valence-corrected chi connectivity index (χ4v) is 0.964. The molecule has 0 radical (unpaired) electrons. The van der Waals surface area contributed by atoms with Crippen molar-refractivity contribution < 1.29 is 13.9 Å². The second kappa shape index (κ2) is 3.05. The average molecular weight is 179 g/mol. The topological polar surface area (TPSA) is 20.2 Å². The number of hydrogen-bond acceptors (Lipinski definition) is 1. The van der Waals surface area contributed by atoms with Crippen molar-refractivity contribution >= 4 is 11.6 Å². The van der Waals surface area contributed by atoms with Gasteiger partial charge >= 0.3 is 0 Å². The molecule has 0 aliphatic carbocycles. The van der Waals surface area contributed by atoms with Crippen LogP contribution in [0.2, 0.25) is 0 Å². The quantitative estimate of drug-likeness (QED) is 0.655. The summed E-state index contributed by atoms with van der Waals surface area (Å²) in [6.07, 6.45) is 0. The van der Waals surface area contributed by atoms with Crippen LogP contribution in [0.4, 0.5) is 8.78 Å². The molecule has 0 aromatic heterocycles. The highest BCUT2D eigenvalue weighted by atomic mass is 35.5. The highest BCUT2D eigenvalue weighted by molar-refractivity contribution is 6.17. The first-order valence-electron chi connectivity index (χ1n) is 2.88. The molecular weight excluding hydrogens is 174 g/mol. The molecule has 0 bridgehead atoms. The molecule has 1 aromatic rings. The Morgan fingerprint density at radius 2 is 2.00 bits per heavy atom. The highest BCUT2D eigenvalue weighted by Crippen LogP contribution is 2.23. The van der Waals surface area contributed by atoms with Gasteiger partial charge in [0.25, 0.3) is 0 Å². The van der Waals surface area contributed by atoms with Gasteiger partial charge in [0, 0.05) is 5.56 Å². The Hall–Kier alpha value is -0.830. The third-order valence-corrected chi connectivity index (χ3v) is 1.57. The predicted molar refractivity (Wildman–Crippen MR) is 37.6 cm³/mol. The number of alkyl halides is 1. The number of phenols is 1. The summed E-state index contributed by atoms with van der Waals surface area (Å²) in [7, 11) is 0. The van der Waals surface area contributed by atoms with Crippen molar-refractivity contribution in [2.24, 2.45) is 0 Å². The number of benzene rings is 1. The van der Waals surface area contributed by atoms with E-state index < -0.39 is 11.6 Å². The maximum absolute atomic E-state index is 12.6. The second-order valence-electron chi connectivity index (χ2n) is 1.99. The summed E-state index contributed by atoms with van der Waals surface area (Å²) in [5, 5.41) is 8.92. The van der Waals surface area contributed by atoms with Crippen molar-refractivity contribution in [3.05, 3.63) is 29.3 Å². The molecule has 0 amide bonds. The van der Waals surface area contributed by atoms with Crippen LogP contribution in [0.25, 0.3) is 0 Å². The van der Waals surface area contributed by atoms with E-state index in [9.17, 15) is 8.78 Å². The highest BCUT2D eigenvalue weighted by Gasteiger charge is 2.10. The maximum Gasteiger partial charge on any atom is 0.166 e. The molecule has 1 aromatic carbocycles. The van der Waals surface area contributed by atoms with Gasteiger partial charge in [-0.3, -0.25) is 0 Å². The Labute approximate surface area is 67.2 Å². The third kappa shape index (κ3) is 1.43. The van der Waals surface area contributed by atoms with E-state index in [0.29, 0.717) is 0 Å². The van der Waals surface area contributed by atoms with Gasteiger partial charge in [-0.2, -0.15) is 0 Å². The zero-order valence-electron chi connectivity index (χ0n) is 5.44. The van der Waals surface area contributed by atoms with Gasteiger partial charge in [-0.1, -0.05) is 0 Å². The average Bonchev–Trinajstić information content (AvgIpc) is 1.99. The van der Waals surface area contributed by atoms with E-state index in [2.05, 4.69) is 0 Å². The summed E-state index contributed by atoms with van der Waals surface area (Å²) in [5.74, 6) is -2.65. The van der Waals surface area contributed by atoms with E-state index in [-0.39, 0.29) is 17.2 Å². The molecule has 0 heterocycles. The lowest BCUT2D eigenvalue weighted by molar-refractivity contribution is 0.446. The van der Waals surface area contributed by atoms with E-state index in [4.69, 9.17) is 16.7 Å². The van der Waals surface area contributed by atoms with Crippen LogP contribution in [0.15, 0.2) is 12.1 Å². The summed E-state index contributed by atoms with van der Waals surface area (Å²) >= 11 is 5.24. The number of halogens is 3. The first-order valence-corrected chi connectivity index (χ1v) is 3.42. The Morgan fingerprint density at radius 1 is 1.36 bits per heavy atom. The number of phenolic OH excluding ortho intramolecular Hbond substituents is 1. The smallest absolute Gasteiger partial charge is 0.166 e. The monoisotopic (exact) mass is 178 g/mol. The van der Waals surface area contributed by atoms with E-state index in [1.807, 2.05) is 0 Å². The minimum absolute atomic E-state index is 0.202. The van der Waals surface area contributed by atoms with Crippen molar-refractivity contribution in [3.63, 3.8) is 0 Å².